The third-order valence-corrected chi connectivity index (χ3v) is 5.80. The minimum atomic E-state index is 0.610. The molecule has 1 aliphatic heterocycles. The lowest BCUT2D eigenvalue weighted by Gasteiger charge is -2.21. The Morgan fingerprint density at radius 3 is 2.93 bits per heavy atom. The van der Waals surface area contributed by atoms with Crippen molar-refractivity contribution < 1.29 is 0 Å². The summed E-state index contributed by atoms with van der Waals surface area (Å²) in [6.45, 7) is 2.14. The molecule has 4 aromatic rings. The number of nitrogens with zero attached hydrogens (tertiary/aromatic N) is 4. The average Bonchev–Trinajstić information content (AvgIpc) is 3.38. The van der Waals surface area contributed by atoms with Gasteiger partial charge in [-0.3, -0.25) is 5.10 Å². The van der Waals surface area contributed by atoms with E-state index >= 15 is 0 Å². The Morgan fingerprint density at radius 1 is 1.22 bits per heavy atom. The summed E-state index contributed by atoms with van der Waals surface area (Å²) >= 11 is 6.24. The van der Waals surface area contributed by atoms with Crippen LogP contribution in [0.3, 0.4) is 0 Å². The number of fused-ring (bicyclic) bond motifs is 2. The molecule has 0 radical (unpaired) electrons. The molecule has 5 rings (SSSR count). The quantitative estimate of drug-likeness (QED) is 0.565. The second-order valence-corrected chi connectivity index (χ2v) is 7.78. The van der Waals surface area contributed by atoms with Crippen LogP contribution in [0.2, 0.25) is 5.02 Å². The molecule has 1 unspecified atom stereocenters. The predicted octanol–water partition coefficient (Wildman–Crippen LogP) is 3.90. The summed E-state index contributed by atoms with van der Waals surface area (Å²) in [7, 11) is 4.30. The molecule has 6 nitrogen and oxygen atoms in total. The topological polar surface area (TPSA) is 63.8 Å². The first-order valence-electron chi connectivity index (χ1n) is 9.14. The van der Waals surface area contributed by atoms with E-state index in [2.05, 4.69) is 57.3 Å². The summed E-state index contributed by atoms with van der Waals surface area (Å²) in [6, 6.07) is 12.8. The highest BCUT2D eigenvalue weighted by molar-refractivity contribution is 6.35. The number of imidazole rings is 1. The smallest absolute Gasteiger partial charge is 0.157 e. The van der Waals surface area contributed by atoms with E-state index in [0.29, 0.717) is 11.1 Å². The van der Waals surface area contributed by atoms with Gasteiger partial charge in [0.1, 0.15) is 11.2 Å². The van der Waals surface area contributed by atoms with E-state index in [9.17, 15) is 0 Å². The number of anilines is 1. The van der Waals surface area contributed by atoms with Gasteiger partial charge in [0.25, 0.3) is 0 Å². The third-order valence-electron chi connectivity index (χ3n) is 5.50. The molecule has 0 amide bonds. The first-order chi connectivity index (χ1) is 13.1. The van der Waals surface area contributed by atoms with E-state index in [1.54, 1.807) is 0 Å². The normalized spacial score (nSPS) is 17.6. The van der Waals surface area contributed by atoms with Gasteiger partial charge < -0.3 is 14.8 Å². The molecule has 0 bridgehead atoms. The molecule has 1 aliphatic rings. The summed E-state index contributed by atoms with van der Waals surface area (Å²) in [5.41, 5.74) is 4.84. The van der Waals surface area contributed by atoms with Crippen molar-refractivity contribution in [3.05, 3.63) is 41.4 Å². The molecule has 2 aromatic carbocycles. The maximum absolute atomic E-state index is 6.24. The number of halogens is 1. The molecule has 0 saturated carbocycles. The monoisotopic (exact) mass is 380 g/mol. The second-order valence-electron chi connectivity index (χ2n) is 7.37. The number of para-hydroxylation sites is 1. The Labute approximate surface area is 162 Å². The van der Waals surface area contributed by atoms with Crippen LogP contribution < -0.4 is 4.90 Å². The van der Waals surface area contributed by atoms with Gasteiger partial charge in [-0.1, -0.05) is 23.7 Å². The lowest BCUT2D eigenvalue weighted by atomic mass is 10.2. The van der Waals surface area contributed by atoms with Gasteiger partial charge in [-0.2, -0.15) is 5.10 Å². The van der Waals surface area contributed by atoms with E-state index in [0.717, 1.165) is 46.5 Å². The fourth-order valence-electron chi connectivity index (χ4n) is 3.89. The minimum absolute atomic E-state index is 0.610. The number of hydrogen-bond donors (Lipinski definition) is 2. The molecule has 0 aliphatic carbocycles. The molecular formula is C20H21ClN6. The van der Waals surface area contributed by atoms with Crippen LogP contribution in [0.4, 0.5) is 5.69 Å². The standard InChI is InChI=1S/C20H21ClN6/c1-26(2)13-8-9-27(11-13)12-6-7-16-17(10-12)23-20(22-16)19-14-4-3-5-15(21)18(14)24-25-19/h3-7,10,13H,8-9,11H2,1-2H3,(H,22,23)(H,24,25). The van der Waals surface area contributed by atoms with Crippen molar-refractivity contribution in [3.8, 4) is 11.5 Å². The SMILES string of the molecule is CN(C)C1CCN(c2ccc3nc(-c4[nH]nc5c(Cl)cccc45)[nH]c3c2)C1. The third kappa shape index (κ3) is 2.76. The first-order valence-corrected chi connectivity index (χ1v) is 9.52. The molecule has 2 N–H and O–H groups in total. The lowest BCUT2D eigenvalue weighted by molar-refractivity contribution is 0.315. The maximum atomic E-state index is 6.24. The van der Waals surface area contributed by atoms with Crippen molar-refractivity contribution in [2.24, 2.45) is 0 Å². The number of rotatable bonds is 3. The second kappa shape index (κ2) is 6.25. The maximum Gasteiger partial charge on any atom is 0.157 e. The Bertz CT molecular complexity index is 1130. The van der Waals surface area contributed by atoms with Crippen molar-refractivity contribution in [2.75, 3.05) is 32.1 Å². The summed E-state index contributed by atoms with van der Waals surface area (Å²) < 4.78 is 0. The zero-order valence-electron chi connectivity index (χ0n) is 15.3. The molecule has 1 fully saturated rings. The summed E-state index contributed by atoms with van der Waals surface area (Å²) in [4.78, 5) is 12.9. The van der Waals surface area contributed by atoms with Gasteiger partial charge in [0, 0.05) is 30.2 Å². The van der Waals surface area contributed by atoms with Crippen molar-refractivity contribution in [3.63, 3.8) is 0 Å². The fraction of sp³-hybridized carbons (Fsp3) is 0.300. The highest BCUT2D eigenvalue weighted by Gasteiger charge is 2.24. The lowest BCUT2D eigenvalue weighted by Crippen LogP contribution is -2.31. The highest BCUT2D eigenvalue weighted by Crippen LogP contribution is 2.31. The molecule has 0 spiro atoms. The number of aromatic amines is 2. The van der Waals surface area contributed by atoms with Crippen LogP contribution >= 0.6 is 11.6 Å². The van der Waals surface area contributed by atoms with Crippen molar-refractivity contribution >= 4 is 39.2 Å². The predicted molar refractivity (Wildman–Crippen MR) is 110 cm³/mol. The average molecular weight is 381 g/mol. The first kappa shape index (κ1) is 16.6. The molecule has 7 heteroatoms. The van der Waals surface area contributed by atoms with E-state index in [1.165, 1.54) is 12.1 Å². The number of aromatic nitrogens is 4. The number of likely N-dealkylation sites (N-methyl/N-ethyl adjacent to an activating group) is 1. The van der Waals surface area contributed by atoms with Crippen LogP contribution in [-0.4, -0.2) is 58.3 Å². The van der Waals surface area contributed by atoms with Crippen LogP contribution in [0.1, 0.15) is 6.42 Å². The van der Waals surface area contributed by atoms with E-state index < -0.39 is 0 Å². The zero-order valence-corrected chi connectivity index (χ0v) is 16.1. The van der Waals surface area contributed by atoms with E-state index in [-0.39, 0.29) is 0 Å². The number of hydrogen-bond acceptors (Lipinski definition) is 4. The number of benzene rings is 2. The van der Waals surface area contributed by atoms with E-state index in [1.807, 2.05) is 18.2 Å². The van der Waals surface area contributed by atoms with Crippen molar-refractivity contribution in [2.45, 2.75) is 12.5 Å². The number of H-pyrrole nitrogens is 2. The fourth-order valence-corrected chi connectivity index (χ4v) is 4.11. The van der Waals surface area contributed by atoms with Gasteiger partial charge in [-0.05, 0) is 44.8 Å². The summed E-state index contributed by atoms with van der Waals surface area (Å²) in [5, 5.41) is 9.02. The van der Waals surface area contributed by atoms with Crippen LogP contribution in [-0.2, 0) is 0 Å². The van der Waals surface area contributed by atoms with Crippen LogP contribution in [0.15, 0.2) is 36.4 Å². The van der Waals surface area contributed by atoms with Gasteiger partial charge >= 0.3 is 0 Å². The zero-order chi connectivity index (χ0) is 18.5. The summed E-state index contributed by atoms with van der Waals surface area (Å²) in [6.07, 6.45) is 1.19. The van der Waals surface area contributed by atoms with Crippen LogP contribution in [0.5, 0.6) is 0 Å². The van der Waals surface area contributed by atoms with Gasteiger partial charge in [-0.25, -0.2) is 4.98 Å². The summed E-state index contributed by atoms with van der Waals surface area (Å²) in [5.74, 6) is 0.777. The Kier molecular flexibility index (Phi) is 3.84. The minimum Gasteiger partial charge on any atom is -0.370 e. The molecule has 138 valence electrons. The Morgan fingerprint density at radius 2 is 2.11 bits per heavy atom. The molecular weight excluding hydrogens is 360 g/mol. The van der Waals surface area contributed by atoms with Crippen LogP contribution in [0.25, 0.3) is 33.5 Å². The largest absolute Gasteiger partial charge is 0.370 e. The highest BCUT2D eigenvalue weighted by atomic mass is 35.5. The van der Waals surface area contributed by atoms with Gasteiger partial charge in [0.15, 0.2) is 5.82 Å². The number of nitrogens with one attached hydrogen (secondary N) is 2. The Balaban J connectivity index is 1.52. The molecule has 2 aromatic heterocycles. The van der Waals surface area contributed by atoms with E-state index in [4.69, 9.17) is 16.6 Å². The van der Waals surface area contributed by atoms with Crippen molar-refractivity contribution in [1.29, 1.82) is 0 Å². The van der Waals surface area contributed by atoms with Gasteiger partial charge in [0.2, 0.25) is 0 Å². The molecule has 1 saturated heterocycles. The molecule has 3 heterocycles. The van der Waals surface area contributed by atoms with Gasteiger partial charge in [-0.15, -0.1) is 0 Å². The van der Waals surface area contributed by atoms with Crippen LogP contribution in [0, 0.1) is 0 Å². The molecule has 1 atom stereocenters. The van der Waals surface area contributed by atoms with Crippen molar-refractivity contribution in [1.82, 2.24) is 25.1 Å². The Hall–Kier alpha value is -2.57. The van der Waals surface area contributed by atoms with Gasteiger partial charge in [0.05, 0.1) is 16.1 Å². The molecule has 27 heavy (non-hydrogen) atoms.